The number of fused-ring (bicyclic) bond motifs is 1. The third-order valence-electron chi connectivity index (χ3n) is 2.83. The van der Waals surface area contributed by atoms with Gasteiger partial charge in [0, 0.05) is 7.05 Å². The lowest BCUT2D eigenvalue weighted by atomic mass is 10.1. The number of nitrogen functional groups attached to an aromatic ring is 1. The number of hydrogen-bond acceptors (Lipinski definition) is 5. The fourth-order valence-corrected chi connectivity index (χ4v) is 1.97. The van der Waals surface area contributed by atoms with E-state index in [0.29, 0.717) is 17.2 Å². The summed E-state index contributed by atoms with van der Waals surface area (Å²) in [5.41, 5.74) is 6.96. The number of carbonyl (C=O) groups is 1. The summed E-state index contributed by atoms with van der Waals surface area (Å²) in [6, 6.07) is -0.193. The number of likely N-dealkylation sites (N-methyl/N-ethyl adjacent to an activating group) is 1. The molecule has 6 heteroatoms. The van der Waals surface area contributed by atoms with Gasteiger partial charge in [-0.1, -0.05) is 6.92 Å². The summed E-state index contributed by atoms with van der Waals surface area (Å²) in [6.45, 7) is 3.76. The summed E-state index contributed by atoms with van der Waals surface area (Å²) in [5.74, 6) is 0.902. The van der Waals surface area contributed by atoms with Crippen molar-refractivity contribution in [1.82, 2.24) is 9.97 Å². The predicted molar refractivity (Wildman–Crippen MR) is 62.3 cm³/mol. The van der Waals surface area contributed by atoms with Crippen molar-refractivity contribution in [3.63, 3.8) is 0 Å². The topological polar surface area (TPSA) is 84.1 Å². The zero-order chi connectivity index (χ0) is 11.9. The number of nitrogens with two attached hydrogens (primary N) is 1. The van der Waals surface area contributed by atoms with Crippen molar-refractivity contribution in [2.45, 2.75) is 26.3 Å². The molecule has 1 aliphatic rings. The number of anilines is 3. The number of aromatic nitrogens is 2. The van der Waals surface area contributed by atoms with Gasteiger partial charge in [0.25, 0.3) is 0 Å². The highest BCUT2D eigenvalue weighted by Gasteiger charge is 2.31. The van der Waals surface area contributed by atoms with Gasteiger partial charge in [0.2, 0.25) is 11.9 Å². The van der Waals surface area contributed by atoms with Gasteiger partial charge in [-0.2, -0.15) is 4.98 Å². The van der Waals surface area contributed by atoms with Crippen LogP contribution < -0.4 is 16.0 Å². The van der Waals surface area contributed by atoms with Crippen molar-refractivity contribution < 1.29 is 4.79 Å². The molecule has 1 atom stereocenters. The highest BCUT2D eigenvalue weighted by atomic mass is 16.2. The SMILES string of the molecule is CC[C@H]1C(=O)Nc2c(C)nc(N)nc2N1C. The molecule has 2 rings (SSSR count). The maximum absolute atomic E-state index is 11.8. The van der Waals surface area contributed by atoms with E-state index in [1.54, 1.807) is 6.92 Å². The molecule has 0 unspecified atom stereocenters. The lowest BCUT2D eigenvalue weighted by Crippen LogP contribution is -2.46. The number of aryl methyl sites for hydroxylation is 1. The Kier molecular flexibility index (Phi) is 2.41. The molecule has 16 heavy (non-hydrogen) atoms. The minimum absolute atomic E-state index is 0.0195. The van der Waals surface area contributed by atoms with E-state index < -0.39 is 0 Å². The van der Waals surface area contributed by atoms with Crippen LogP contribution in [-0.4, -0.2) is 29.0 Å². The van der Waals surface area contributed by atoms with E-state index in [1.807, 2.05) is 18.9 Å². The Bertz CT molecular complexity index is 445. The van der Waals surface area contributed by atoms with Crippen LogP contribution in [-0.2, 0) is 4.79 Å². The van der Waals surface area contributed by atoms with Crippen LogP contribution in [0.3, 0.4) is 0 Å². The molecule has 6 nitrogen and oxygen atoms in total. The van der Waals surface area contributed by atoms with Crippen molar-refractivity contribution in [2.75, 3.05) is 23.0 Å². The summed E-state index contributed by atoms with van der Waals surface area (Å²) in [7, 11) is 1.84. The number of amides is 1. The number of nitrogens with zero attached hydrogens (tertiary/aromatic N) is 3. The standard InChI is InChI=1S/C10H15N5O/c1-4-6-9(16)13-7-5(2)12-10(11)14-8(7)15(6)3/h6H,4H2,1-3H3,(H,13,16)(H2,11,12,14)/t6-/m0/s1. The quantitative estimate of drug-likeness (QED) is 0.722. The van der Waals surface area contributed by atoms with Crippen molar-refractivity contribution in [2.24, 2.45) is 0 Å². The van der Waals surface area contributed by atoms with E-state index in [-0.39, 0.29) is 17.9 Å². The monoisotopic (exact) mass is 221 g/mol. The number of hydrogen-bond donors (Lipinski definition) is 2. The summed E-state index contributed by atoms with van der Waals surface area (Å²) in [4.78, 5) is 21.8. The van der Waals surface area contributed by atoms with Gasteiger partial charge in [-0.25, -0.2) is 4.98 Å². The van der Waals surface area contributed by atoms with E-state index in [0.717, 1.165) is 6.42 Å². The van der Waals surface area contributed by atoms with Crippen LogP contribution in [0.1, 0.15) is 19.0 Å². The molecule has 0 bridgehead atoms. The van der Waals surface area contributed by atoms with Gasteiger partial charge in [-0.05, 0) is 13.3 Å². The Morgan fingerprint density at radius 1 is 1.50 bits per heavy atom. The first-order chi connectivity index (χ1) is 7.54. The predicted octanol–water partition coefficient (Wildman–Crippen LogP) is 0.534. The first-order valence-corrected chi connectivity index (χ1v) is 5.22. The van der Waals surface area contributed by atoms with Crippen LogP contribution in [0.4, 0.5) is 17.5 Å². The maximum Gasteiger partial charge on any atom is 0.247 e. The molecule has 1 amide bonds. The second kappa shape index (κ2) is 3.62. The van der Waals surface area contributed by atoms with E-state index in [4.69, 9.17) is 5.73 Å². The molecule has 0 saturated heterocycles. The zero-order valence-corrected chi connectivity index (χ0v) is 9.61. The minimum atomic E-state index is -0.193. The van der Waals surface area contributed by atoms with E-state index in [9.17, 15) is 4.79 Å². The summed E-state index contributed by atoms with van der Waals surface area (Å²) < 4.78 is 0. The molecule has 1 aromatic heterocycles. The molecule has 0 spiro atoms. The largest absolute Gasteiger partial charge is 0.368 e. The maximum atomic E-state index is 11.8. The van der Waals surface area contributed by atoms with Crippen LogP contribution in [0.25, 0.3) is 0 Å². The van der Waals surface area contributed by atoms with Gasteiger partial charge >= 0.3 is 0 Å². The normalized spacial score (nSPS) is 19.3. The van der Waals surface area contributed by atoms with Crippen LogP contribution in [0.15, 0.2) is 0 Å². The molecule has 0 aliphatic carbocycles. The first-order valence-electron chi connectivity index (χ1n) is 5.22. The Morgan fingerprint density at radius 3 is 2.81 bits per heavy atom. The number of nitrogens with one attached hydrogen (secondary N) is 1. The Morgan fingerprint density at radius 2 is 2.19 bits per heavy atom. The van der Waals surface area contributed by atoms with Crippen LogP contribution in [0, 0.1) is 6.92 Å². The zero-order valence-electron chi connectivity index (χ0n) is 9.61. The summed E-state index contributed by atoms with van der Waals surface area (Å²) in [5, 5.41) is 2.83. The molecule has 0 radical (unpaired) electrons. The Labute approximate surface area is 93.9 Å². The lowest BCUT2D eigenvalue weighted by molar-refractivity contribution is -0.117. The summed E-state index contributed by atoms with van der Waals surface area (Å²) >= 11 is 0. The fourth-order valence-electron chi connectivity index (χ4n) is 1.97. The van der Waals surface area contributed by atoms with Gasteiger partial charge in [-0.15, -0.1) is 0 Å². The van der Waals surface area contributed by atoms with Gasteiger partial charge in [0.05, 0.1) is 5.69 Å². The number of rotatable bonds is 1. The highest BCUT2D eigenvalue weighted by molar-refractivity contribution is 6.03. The lowest BCUT2D eigenvalue weighted by Gasteiger charge is -2.33. The van der Waals surface area contributed by atoms with Gasteiger partial charge in [-0.3, -0.25) is 4.79 Å². The second-order valence-corrected chi connectivity index (χ2v) is 3.89. The van der Waals surface area contributed by atoms with Gasteiger partial charge in [0.15, 0.2) is 5.82 Å². The highest BCUT2D eigenvalue weighted by Crippen LogP contribution is 2.32. The Balaban J connectivity index is 2.55. The average molecular weight is 221 g/mol. The molecule has 1 aromatic rings. The molecule has 1 aliphatic heterocycles. The van der Waals surface area contributed by atoms with Gasteiger partial charge < -0.3 is 16.0 Å². The molecule has 2 heterocycles. The van der Waals surface area contributed by atoms with E-state index in [2.05, 4.69) is 15.3 Å². The first kappa shape index (κ1) is 10.7. The Hall–Kier alpha value is -1.85. The third-order valence-corrected chi connectivity index (χ3v) is 2.83. The third kappa shape index (κ3) is 1.46. The van der Waals surface area contributed by atoms with E-state index >= 15 is 0 Å². The molecule has 3 N–H and O–H groups in total. The van der Waals surface area contributed by atoms with Crippen molar-refractivity contribution in [1.29, 1.82) is 0 Å². The average Bonchev–Trinajstić information content (AvgIpc) is 2.21. The van der Waals surface area contributed by atoms with E-state index in [1.165, 1.54) is 0 Å². The summed E-state index contributed by atoms with van der Waals surface area (Å²) in [6.07, 6.45) is 0.727. The smallest absolute Gasteiger partial charge is 0.247 e. The van der Waals surface area contributed by atoms with Crippen LogP contribution >= 0.6 is 0 Å². The molecule has 0 fully saturated rings. The van der Waals surface area contributed by atoms with Crippen molar-refractivity contribution in [3.8, 4) is 0 Å². The fraction of sp³-hybridized carbons (Fsp3) is 0.500. The molecular formula is C10H15N5O. The molecule has 0 aromatic carbocycles. The van der Waals surface area contributed by atoms with Gasteiger partial charge in [0.1, 0.15) is 11.7 Å². The van der Waals surface area contributed by atoms with Crippen molar-refractivity contribution in [3.05, 3.63) is 5.69 Å². The second-order valence-electron chi connectivity index (χ2n) is 3.89. The van der Waals surface area contributed by atoms with Crippen LogP contribution in [0.5, 0.6) is 0 Å². The minimum Gasteiger partial charge on any atom is -0.368 e. The van der Waals surface area contributed by atoms with Crippen LogP contribution in [0.2, 0.25) is 0 Å². The molecular weight excluding hydrogens is 206 g/mol. The molecule has 86 valence electrons. The number of carbonyl (C=O) groups excluding carboxylic acids is 1. The molecule has 0 saturated carbocycles. The van der Waals surface area contributed by atoms with Crippen molar-refractivity contribution >= 4 is 23.4 Å².